The molecular formula is C19H25N3S27. The molecule has 0 radical (unpaired) electrons. The van der Waals surface area contributed by atoms with Gasteiger partial charge in [0, 0.05) is 284 Å². The van der Waals surface area contributed by atoms with E-state index in [9.17, 15) is 0 Å². The van der Waals surface area contributed by atoms with Gasteiger partial charge in [-0.05, 0) is 25.1 Å². The van der Waals surface area contributed by atoms with E-state index in [-0.39, 0.29) is 10.8 Å². The molecule has 0 amide bonds. The summed E-state index contributed by atoms with van der Waals surface area (Å²) in [4.78, 5) is 9.56. The lowest BCUT2D eigenvalue weighted by molar-refractivity contribution is 0.558. The van der Waals surface area contributed by atoms with Crippen molar-refractivity contribution in [3.8, 4) is 0 Å². The number of pyridine rings is 2. The smallest absolute Gasteiger partial charge is 0.146 e. The van der Waals surface area contributed by atoms with Crippen LogP contribution in [0.25, 0.3) is 16.6 Å². The maximum absolute atomic E-state index is 4.93. The van der Waals surface area contributed by atoms with Gasteiger partial charge in [-0.3, -0.25) is 4.98 Å². The van der Waals surface area contributed by atoms with Crippen LogP contribution in [-0.4, -0.2) is 14.4 Å². The summed E-state index contributed by atoms with van der Waals surface area (Å²) in [5, 5.41) is 1.12. The molecule has 3 heterocycles. The highest BCUT2D eigenvalue weighted by atomic mass is 33.5. The van der Waals surface area contributed by atoms with Crippen molar-refractivity contribution < 1.29 is 0 Å². The average Bonchev–Trinajstić information content (AvgIpc) is 3.45. The Morgan fingerprint density at radius 3 is 1.22 bits per heavy atom. The minimum Gasteiger partial charge on any atom is -0.300 e. The molecule has 0 fully saturated rings. The van der Waals surface area contributed by atoms with Crippen LogP contribution in [-0.2, 0) is 255 Å². The topological polar surface area (TPSA) is 30.2 Å². The molecule has 0 saturated heterocycles. The highest BCUT2D eigenvalue weighted by Crippen LogP contribution is 2.31. The maximum atomic E-state index is 4.93. The van der Waals surface area contributed by atoms with Gasteiger partial charge >= 0.3 is 0 Å². The second kappa shape index (κ2) is 29.3. The fourth-order valence-corrected chi connectivity index (χ4v) is 66.2. The van der Waals surface area contributed by atoms with Gasteiger partial charge < -0.3 is 4.40 Å². The molecule has 3 rings (SSSR count). The minimum atomic E-state index is 0.0390. The van der Waals surface area contributed by atoms with E-state index in [0.717, 1.165) is 22.2 Å². The van der Waals surface area contributed by atoms with Gasteiger partial charge in [0.1, 0.15) is 5.65 Å². The summed E-state index contributed by atoms with van der Waals surface area (Å²) in [6, 6.07) is 6.52. The zero-order chi connectivity index (χ0) is 36.0. The van der Waals surface area contributed by atoms with Gasteiger partial charge in [0.2, 0.25) is 0 Å². The molecule has 3 aromatic heterocycles. The minimum absolute atomic E-state index is 0.0390. The number of aromatic nitrogens is 3. The molecule has 49 heavy (non-hydrogen) atoms. The van der Waals surface area contributed by atoms with Crippen LogP contribution in [0.15, 0.2) is 24.4 Å². The lowest BCUT2D eigenvalue weighted by atomic mass is 9.89. The first-order valence-electron chi connectivity index (χ1n) is 12.2. The monoisotopic (exact) mass is 1160 g/mol. The van der Waals surface area contributed by atoms with E-state index in [1.807, 2.05) is 86.1 Å². The molecule has 0 unspecified atom stereocenters. The fourth-order valence-electron chi connectivity index (χ4n) is 3.13. The molecule has 30 heteroatoms. The summed E-state index contributed by atoms with van der Waals surface area (Å²) in [6.45, 7) is 15.4. The van der Waals surface area contributed by atoms with Gasteiger partial charge in [0.15, 0.2) is 0 Å². The van der Waals surface area contributed by atoms with Crippen molar-refractivity contribution in [3.05, 3.63) is 41.5 Å². The normalized spacial score (nSPS) is 10.1. The number of hydrogen-bond donors (Lipinski definition) is 0. The molecule has 0 N–H and O–H groups in total. The van der Waals surface area contributed by atoms with Crippen LogP contribution in [0.5, 0.6) is 0 Å². The maximum Gasteiger partial charge on any atom is 0.146 e. The summed E-state index contributed by atoms with van der Waals surface area (Å²) in [7, 11) is 43.6. The molecule has 278 valence electrons. The summed E-state index contributed by atoms with van der Waals surface area (Å²) in [6.07, 6.45) is 1.95. The van der Waals surface area contributed by atoms with Crippen molar-refractivity contribution in [1.82, 2.24) is 14.4 Å². The van der Waals surface area contributed by atoms with Crippen LogP contribution in [0, 0.1) is 6.92 Å². The summed E-state index contributed by atoms with van der Waals surface area (Å²) >= 11 is 9.56. The second-order valence-corrected chi connectivity index (χ2v) is 54.1. The Bertz CT molecular complexity index is 2720. The zero-order valence-electron chi connectivity index (χ0n) is 25.7. The fraction of sp³-hybridized carbons (Fsp3) is 0.474. The number of nitrogens with zero attached hydrogens (tertiary/aromatic N) is 3. The Kier molecular flexibility index (Phi) is 29.4. The summed E-state index contributed by atoms with van der Waals surface area (Å²) < 4.78 is 2.26. The summed E-state index contributed by atoms with van der Waals surface area (Å²) in [5.74, 6) is 0. The first kappa shape index (κ1) is 49.2. The van der Waals surface area contributed by atoms with E-state index in [4.69, 9.17) is 27.4 Å². The highest BCUT2D eigenvalue weighted by molar-refractivity contribution is 8.79. The third kappa shape index (κ3) is 21.4. The number of fused-ring (bicyclic) bond motifs is 3. The van der Waals surface area contributed by atoms with E-state index in [0.29, 0.717) is 0 Å². The van der Waals surface area contributed by atoms with Crippen molar-refractivity contribution in [3.63, 3.8) is 0 Å². The van der Waals surface area contributed by atoms with Crippen LogP contribution in [0.1, 0.15) is 58.6 Å². The Balaban J connectivity index is 0.000000345. The van der Waals surface area contributed by atoms with E-state index in [1.54, 1.807) is 124 Å². The van der Waals surface area contributed by atoms with Gasteiger partial charge in [-0.15, -0.1) is 0 Å². The van der Waals surface area contributed by atoms with Gasteiger partial charge in [-0.1, -0.05) is 41.5 Å². The van der Waals surface area contributed by atoms with Crippen molar-refractivity contribution in [1.29, 1.82) is 0 Å². The van der Waals surface area contributed by atoms with Crippen molar-refractivity contribution in [2.45, 2.75) is 59.3 Å². The molecule has 3 nitrogen and oxygen atoms in total. The molecule has 0 bridgehead atoms. The van der Waals surface area contributed by atoms with Gasteiger partial charge in [0.05, 0.1) is 5.52 Å². The Labute approximate surface area is 368 Å². The first-order chi connectivity index (χ1) is 23.5. The number of hydrogen-bond acceptors (Lipinski definition) is 4. The Hall–Kier alpha value is 4.04. The molecule has 0 spiro atoms. The third-order valence-electron chi connectivity index (χ3n) is 4.82. The van der Waals surface area contributed by atoms with E-state index >= 15 is 0 Å². The first-order valence-corrected chi connectivity index (χ1v) is 46.9. The predicted octanol–water partition coefficient (Wildman–Crippen LogP) is 4.72. The van der Waals surface area contributed by atoms with Gasteiger partial charge in [0.25, 0.3) is 0 Å². The van der Waals surface area contributed by atoms with E-state index < -0.39 is 0 Å². The zero-order valence-corrected chi connectivity index (χ0v) is 47.7. The van der Waals surface area contributed by atoms with Gasteiger partial charge in [-0.2, -0.15) is 0 Å². The quantitative estimate of drug-likeness (QED) is 0.327. The van der Waals surface area contributed by atoms with E-state index in [1.165, 1.54) is 29.1 Å². The molecule has 0 saturated carbocycles. The lowest BCUT2D eigenvalue weighted by Gasteiger charge is -2.23. The predicted molar refractivity (Wildman–Crippen MR) is 291 cm³/mol. The van der Waals surface area contributed by atoms with E-state index in [2.05, 4.69) is 76.0 Å². The molecule has 0 aliphatic carbocycles. The van der Waals surface area contributed by atoms with Crippen LogP contribution in [0.4, 0.5) is 0 Å². The highest BCUT2D eigenvalue weighted by Gasteiger charge is 2.22. The Morgan fingerprint density at radius 2 is 0.898 bits per heavy atom. The number of aryl methyl sites for hydroxylation is 1. The molecule has 0 aromatic carbocycles. The summed E-state index contributed by atoms with van der Waals surface area (Å²) in [5.41, 5.74) is 5.67. The van der Waals surface area contributed by atoms with Crippen LogP contribution < -0.4 is 0 Å². The van der Waals surface area contributed by atoms with Gasteiger partial charge in [-0.25, -0.2) is 4.98 Å². The second-order valence-electron chi connectivity index (χ2n) is 9.92. The molecule has 0 atom stereocenters. The van der Waals surface area contributed by atoms with Crippen LogP contribution in [0.3, 0.4) is 0 Å². The average molecular weight is 1160 g/mol. The third-order valence-corrected chi connectivity index (χ3v) is 58.2. The molecule has 0 aliphatic heterocycles. The Morgan fingerprint density at radius 1 is 0.531 bits per heavy atom. The molecular weight excluding hydrogens is 1140 g/mol. The lowest BCUT2D eigenvalue weighted by Crippen LogP contribution is -2.18. The van der Waals surface area contributed by atoms with Crippen molar-refractivity contribution in [2.75, 3.05) is 0 Å². The number of imidazole rings is 1. The molecule has 3 aromatic rings. The van der Waals surface area contributed by atoms with Crippen LogP contribution >= 0.6 is 0 Å². The van der Waals surface area contributed by atoms with Crippen molar-refractivity contribution in [2.24, 2.45) is 0 Å². The van der Waals surface area contributed by atoms with Crippen LogP contribution in [0.2, 0.25) is 0 Å². The number of rotatable bonds is 0. The SMILES string of the molecule is Cc1cnc2c3ccc(C(C)(C)C)nc3cc(C(C)(C)C)n12.S=S=S=S=S=S=S=S=S=S=S=S=S=S=S=S=S=S=S=S=S=S=S=S=S=S=S. The largest absolute Gasteiger partial charge is 0.300 e. The molecule has 0 aliphatic rings. The standard InChI is InChI=1S/C19H25N3.S27/c1-12-11-20-17-13-8-9-15(18(2,3)4)21-14(13)10-16(22(12)17)19(5,6)7;1-3-5-7-9-11-13-15-17-19-21-23-25-27-26-24-22-20-18-16-14-12-10-8-6-4-2/h8-11H,1-7H3;. The van der Waals surface area contributed by atoms with Crippen molar-refractivity contribution >= 4 is 261 Å².